The number of ether oxygens (including phenoxy) is 2. The number of carboxylic acids is 1. The van der Waals surface area contributed by atoms with E-state index in [1.54, 1.807) is 0 Å². The van der Waals surface area contributed by atoms with Gasteiger partial charge in [-0.15, -0.1) is 0 Å². The molecule has 0 saturated carbocycles. The fourth-order valence-electron chi connectivity index (χ4n) is 10.7. The van der Waals surface area contributed by atoms with E-state index in [0.717, 1.165) is 88.0 Å². The molecule has 2 heterocycles. The number of aromatic hydroxyl groups is 2. The van der Waals surface area contributed by atoms with Crippen LogP contribution in [0.25, 0.3) is 0 Å². The number of nitro groups is 2. The van der Waals surface area contributed by atoms with E-state index in [4.69, 9.17) is 14.6 Å². The molecule has 5 N–H and O–H groups in total. The lowest BCUT2D eigenvalue weighted by atomic mass is 9.67. The molecule has 4 aliphatic rings. The second kappa shape index (κ2) is 21.5. The zero-order valence-electron chi connectivity index (χ0n) is 41.2. The van der Waals surface area contributed by atoms with E-state index in [2.05, 4.69) is 64.3 Å². The average Bonchev–Trinajstić information content (AvgIpc) is 3.25. The molecule has 2 amide bonds. The summed E-state index contributed by atoms with van der Waals surface area (Å²) in [6.45, 7) is 16.7. The minimum atomic E-state index is -0.973. The molecule has 16 heteroatoms. The number of rotatable bonds is 16. The molecular formula is C53H68N4O12. The molecule has 2 aliphatic heterocycles. The molecule has 4 atom stereocenters. The Morgan fingerprint density at radius 2 is 1.20 bits per heavy atom. The van der Waals surface area contributed by atoms with Crippen molar-refractivity contribution in [1.82, 2.24) is 5.32 Å². The molecule has 3 aromatic rings. The topological polar surface area (TPSA) is 241 Å². The third kappa shape index (κ3) is 11.4. The second-order valence-electron chi connectivity index (χ2n) is 20.1. The Morgan fingerprint density at radius 1 is 0.725 bits per heavy atom. The van der Waals surface area contributed by atoms with Crippen molar-refractivity contribution in [3.8, 4) is 23.0 Å². The molecule has 0 aromatic heterocycles. The van der Waals surface area contributed by atoms with Crippen LogP contribution in [-0.4, -0.2) is 60.7 Å². The van der Waals surface area contributed by atoms with Crippen LogP contribution in [0.3, 0.4) is 0 Å². The van der Waals surface area contributed by atoms with Gasteiger partial charge >= 0.3 is 5.97 Å². The molecule has 69 heavy (non-hydrogen) atoms. The minimum absolute atomic E-state index is 0.0113. The number of carbonyl (C=O) groups excluding carboxylic acids is 2. The number of carbonyl (C=O) groups is 3. The number of hydrogen-bond donors (Lipinski definition) is 5. The van der Waals surface area contributed by atoms with Gasteiger partial charge in [0.2, 0.25) is 0 Å². The van der Waals surface area contributed by atoms with Gasteiger partial charge in [-0.1, -0.05) is 62.8 Å². The highest BCUT2D eigenvalue weighted by molar-refractivity contribution is 6.09. The molecule has 3 aromatic carbocycles. The first-order valence-corrected chi connectivity index (χ1v) is 24.3. The Morgan fingerprint density at radius 3 is 1.64 bits per heavy atom. The van der Waals surface area contributed by atoms with Gasteiger partial charge in [-0.3, -0.25) is 34.6 Å². The highest BCUT2D eigenvalue weighted by Gasteiger charge is 2.48. The molecule has 372 valence electrons. The fourth-order valence-corrected chi connectivity index (χ4v) is 10.7. The summed E-state index contributed by atoms with van der Waals surface area (Å²) in [5.74, 6) is -0.967. The van der Waals surface area contributed by atoms with Gasteiger partial charge < -0.3 is 35.4 Å². The molecule has 0 radical (unpaired) electrons. The average molecular weight is 953 g/mol. The first kappa shape index (κ1) is 51.9. The third-order valence-corrected chi connectivity index (χ3v) is 14.3. The standard InChI is InChI=1S/C28H33N3O7.C25H35NO5/c1-5-6-7-8-17-14-23-25(19-13-16(2)9-11-20(19)28(3,4)38-23)26(32)24(17)27(33)29-21-12-10-18(30(34)35)15-22(21)31(36)37;1-5-6-7-8-16-14-19-22(23(29)21(16)24(30)26-12-11-20(27)28)17-13-15(2)9-10-18(17)25(3,4)31-19/h10,12-15,19-20,32H,5-9,11H2,1-4H3,(H,29,33);13-14,17-18,29H,5-12H2,1-4H3,(H,26,30)(H,27,28)/t19-,20-;17-,18-/m11/s1. The first-order chi connectivity index (χ1) is 32.6. The lowest BCUT2D eigenvalue weighted by Crippen LogP contribution is -2.45. The zero-order chi connectivity index (χ0) is 50.5. The van der Waals surface area contributed by atoms with Gasteiger partial charge in [-0.2, -0.15) is 0 Å². The number of phenols is 2. The highest BCUT2D eigenvalue weighted by atomic mass is 16.6. The maximum Gasteiger partial charge on any atom is 0.305 e. The summed E-state index contributed by atoms with van der Waals surface area (Å²) in [6.07, 6.45) is 14.8. The van der Waals surface area contributed by atoms with Gasteiger partial charge in [0.1, 0.15) is 39.9 Å². The van der Waals surface area contributed by atoms with Gasteiger partial charge in [0, 0.05) is 47.4 Å². The van der Waals surface area contributed by atoms with Crippen molar-refractivity contribution in [2.75, 3.05) is 11.9 Å². The number of benzene rings is 3. The molecule has 16 nitrogen and oxygen atoms in total. The molecule has 0 spiro atoms. The quantitative estimate of drug-likeness (QED) is 0.0390. The number of phenolic OH excluding ortho intramolecular Hbond substituents is 2. The third-order valence-electron chi connectivity index (χ3n) is 14.3. The van der Waals surface area contributed by atoms with Crippen LogP contribution in [0, 0.1) is 32.1 Å². The first-order valence-electron chi connectivity index (χ1n) is 24.3. The van der Waals surface area contributed by atoms with Gasteiger partial charge in [-0.05, 0) is 122 Å². The number of aliphatic carboxylic acids is 1. The van der Waals surface area contributed by atoms with E-state index < -0.39 is 44.6 Å². The van der Waals surface area contributed by atoms with E-state index in [1.807, 2.05) is 26.0 Å². The van der Waals surface area contributed by atoms with E-state index in [1.165, 1.54) is 11.1 Å². The fraction of sp³-hybridized carbons (Fsp3) is 0.528. The smallest absolute Gasteiger partial charge is 0.305 e. The Labute approximate surface area is 403 Å². The van der Waals surface area contributed by atoms with Crippen molar-refractivity contribution >= 4 is 34.8 Å². The summed E-state index contributed by atoms with van der Waals surface area (Å²) >= 11 is 0. The number of carboxylic acid groups (broad SMARTS) is 1. The van der Waals surface area contributed by atoms with Crippen molar-refractivity contribution < 1.29 is 49.0 Å². The summed E-state index contributed by atoms with van der Waals surface area (Å²) < 4.78 is 12.8. The number of unbranched alkanes of at least 4 members (excludes halogenated alkanes) is 4. The van der Waals surface area contributed by atoms with E-state index in [-0.39, 0.29) is 70.6 Å². The maximum atomic E-state index is 13.6. The number of hydrogen-bond acceptors (Lipinski definition) is 11. The maximum absolute atomic E-state index is 13.6. The van der Waals surface area contributed by atoms with Crippen LogP contribution in [0.4, 0.5) is 17.1 Å². The summed E-state index contributed by atoms with van der Waals surface area (Å²) in [5.41, 5.74) is 3.28. The largest absolute Gasteiger partial charge is 0.507 e. The molecule has 0 saturated heterocycles. The van der Waals surface area contributed by atoms with Crippen molar-refractivity contribution in [3.05, 3.63) is 107 Å². The number of anilines is 1. The van der Waals surface area contributed by atoms with Gasteiger partial charge in [0.15, 0.2) is 0 Å². The SMILES string of the molecule is CCCCCc1cc2c(c(O)c1C(=O)NCCC(=O)O)[C@@H]1C=C(C)CC[C@H]1C(C)(C)O2.CCCCCc1cc2c(c(O)c1C(=O)Nc1ccc([N+](=O)[O-])cc1[N+](=O)[O-])[C@@H]1C=C(C)CC[C@H]1C(C)(C)O2. The Hall–Kier alpha value is -6.45. The Bertz CT molecular complexity index is 2560. The molecule has 0 fully saturated rings. The zero-order valence-corrected chi connectivity index (χ0v) is 41.2. The van der Waals surface area contributed by atoms with Crippen LogP contribution in [0.1, 0.15) is 181 Å². The van der Waals surface area contributed by atoms with E-state index in [9.17, 15) is 44.8 Å². The number of nitro benzene ring substituents is 2. The van der Waals surface area contributed by atoms with Crippen LogP contribution in [0.15, 0.2) is 53.6 Å². The molecule has 7 rings (SSSR count). The van der Waals surface area contributed by atoms with Crippen molar-refractivity contribution in [2.24, 2.45) is 11.8 Å². The van der Waals surface area contributed by atoms with Gasteiger partial charge in [0.25, 0.3) is 23.2 Å². The normalized spacial score (nSPS) is 20.3. The van der Waals surface area contributed by atoms with Crippen LogP contribution in [0.5, 0.6) is 23.0 Å². The summed E-state index contributed by atoms with van der Waals surface area (Å²) in [6, 6.07) is 6.77. The number of nitrogens with one attached hydrogen (secondary N) is 2. The van der Waals surface area contributed by atoms with Crippen LogP contribution in [0.2, 0.25) is 0 Å². The van der Waals surface area contributed by atoms with E-state index in [0.29, 0.717) is 41.0 Å². The number of fused-ring (bicyclic) bond motifs is 6. The predicted octanol–water partition coefficient (Wildman–Crippen LogP) is 11.7. The lowest BCUT2D eigenvalue weighted by Gasteiger charge is -2.46. The van der Waals surface area contributed by atoms with Crippen molar-refractivity contribution in [3.63, 3.8) is 0 Å². The number of allylic oxidation sites excluding steroid dienone is 4. The number of nitrogens with zero attached hydrogens (tertiary/aromatic N) is 2. The van der Waals surface area contributed by atoms with Crippen molar-refractivity contribution in [2.45, 2.75) is 162 Å². The van der Waals surface area contributed by atoms with Gasteiger partial charge in [-0.25, -0.2) is 0 Å². The van der Waals surface area contributed by atoms with Crippen LogP contribution >= 0.6 is 0 Å². The number of non-ortho nitro benzene ring substituents is 1. The Balaban J connectivity index is 0.000000232. The predicted molar refractivity (Wildman–Crippen MR) is 263 cm³/mol. The number of aryl methyl sites for hydroxylation is 2. The summed E-state index contributed by atoms with van der Waals surface area (Å²) in [4.78, 5) is 58.7. The van der Waals surface area contributed by atoms with E-state index >= 15 is 0 Å². The molecular weight excluding hydrogens is 885 g/mol. The molecule has 0 unspecified atom stereocenters. The second-order valence-corrected chi connectivity index (χ2v) is 20.1. The summed E-state index contributed by atoms with van der Waals surface area (Å²) in [5, 5.41) is 59.8. The minimum Gasteiger partial charge on any atom is -0.507 e. The lowest BCUT2D eigenvalue weighted by molar-refractivity contribution is -0.393. The number of amides is 2. The van der Waals surface area contributed by atoms with Gasteiger partial charge in [0.05, 0.1) is 33.5 Å². The van der Waals surface area contributed by atoms with Crippen LogP contribution in [-0.2, 0) is 17.6 Å². The van der Waals surface area contributed by atoms with Crippen molar-refractivity contribution in [1.29, 1.82) is 0 Å². The monoisotopic (exact) mass is 952 g/mol. The Kier molecular flexibility index (Phi) is 16.1. The highest BCUT2D eigenvalue weighted by Crippen LogP contribution is 2.56. The summed E-state index contributed by atoms with van der Waals surface area (Å²) in [7, 11) is 0. The molecule has 2 aliphatic carbocycles. The van der Waals surface area contributed by atoms with Crippen LogP contribution < -0.4 is 20.1 Å². The molecule has 0 bridgehead atoms.